The predicted octanol–water partition coefficient (Wildman–Crippen LogP) is 5.14. The van der Waals surface area contributed by atoms with E-state index in [1.54, 1.807) is 13.8 Å². The summed E-state index contributed by atoms with van der Waals surface area (Å²) in [5, 5.41) is 0. The van der Waals surface area contributed by atoms with Crippen molar-refractivity contribution in [2.24, 2.45) is 4.99 Å². The molecule has 1 aliphatic heterocycles. The number of hydrogen-bond acceptors (Lipinski definition) is 5. The number of aliphatic imine (C=N–C) groups is 1. The molecule has 0 saturated heterocycles. The minimum absolute atomic E-state index is 0.265. The Bertz CT molecular complexity index is 778. The first kappa shape index (κ1) is 15.9. The highest BCUT2D eigenvalue weighted by Gasteiger charge is 2.36. The number of ether oxygens (including phenoxy) is 1. The third kappa shape index (κ3) is 3.08. The van der Waals surface area contributed by atoms with E-state index >= 15 is 0 Å². The van der Waals surface area contributed by atoms with E-state index in [4.69, 9.17) is 13.8 Å². The Hall–Kier alpha value is -1.94. The fourth-order valence-corrected chi connectivity index (χ4v) is 4.09. The van der Waals surface area contributed by atoms with E-state index in [0.717, 1.165) is 0 Å². The first-order valence-electron chi connectivity index (χ1n) is 7.52. The van der Waals surface area contributed by atoms with Gasteiger partial charge in [-0.2, -0.15) is 0 Å². The molecule has 6 heteroatoms. The maximum atomic E-state index is 13.3. The van der Waals surface area contributed by atoms with Crippen molar-refractivity contribution in [1.82, 2.24) is 0 Å². The number of rotatable bonds is 5. The Morgan fingerprint density at radius 3 is 2.26 bits per heavy atom. The van der Waals surface area contributed by atoms with Gasteiger partial charge in [0.25, 0.3) is 0 Å². The van der Waals surface area contributed by atoms with Crippen molar-refractivity contribution in [2.45, 2.75) is 13.8 Å². The van der Waals surface area contributed by atoms with Crippen LogP contribution in [0.25, 0.3) is 0 Å². The van der Waals surface area contributed by atoms with Crippen LogP contribution in [0, 0.1) is 0 Å². The molecule has 0 aromatic heterocycles. The minimum atomic E-state index is -3.54. The van der Waals surface area contributed by atoms with E-state index in [2.05, 4.69) is 4.99 Å². The fourth-order valence-electron chi connectivity index (χ4n) is 2.38. The van der Waals surface area contributed by atoms with E-state index in [1.165, 1.54) is 0 Å². The molecule has 0 amide bonds. The molecule has 1 heterocycles. The average Bonchev–Trinajstić information content (AvgIpc) is 2.72. The van der Waals surface area contributed by atoms with E-state index in [1.807, 2.05) is 48.5 Å². The van der Waals surface area contributed by atoms with E-state index in [0.29, 0.717) is 22.7 Å². The van der Waals surface area contributed by atoms with Gasteiger partial charge in [-0.1, -0.05) is 24.3 Å². The molecule has 1 aliphatic rings. The van der Waals surface area contributed by atoms with Gasteiger partial charge < -0.3 is 13.8 Å². The monoisotopic (exact) mass is 331 g/mol. The standard InChI is InChI=1S/C17H18NO4P/c1-3-20-23(19,21-4-2)17-13-9-5-7-11-15(13)22-16-12-8-6-10-14(16)18-17/h5-12H,3-4H2,1-2H3. The third-order valence-electron chi connectivity index (χ3n) is 3.30. The van der Waals surface area contributed by atoms with Gasteiger partial charge >= 0.3 is 7.60 Å². The summed E-state index contributed by atoms with van der Waals surface area (Å²) in [5.41, 5.74) is 1.49. The van der Waals surface area contributed by atoms with Crippen LogP contribution in [0.1, 0.15) is 19.4 Å². The van der Waals surface area contributed by atoms with Gasteiger partial charge in [0.15, 0.2) is 11.2 Å². The summed E-state index contributed by atoms with van der Waals surface area (Å²) >= 11 is 0. The van der Waals surface area contributed by atoms with Crippen molar-refractivity contribution in [3.05, 3.63) is 54.1 Å². The predicted molar refractivity (Wildman–Crippen MR) is 90.0 cm³/mol. The molecule has 0 saturated carbocycles. The molecule has 0 fully saturated rings. The average molecular weight is 331 g/mol. The Morgan fingerprint density at radius 1 is 0.957 bits per heavy atom. The molecule has 0 N–H and O–H groups in total. The zero-order valence-corrected chi connectivity index (χ0v) is 14.0. The zero-order valence-electron chi connectivity index (χ0n) is 13.1. The lowest BCUT2D eigenvalue weighted by Crippen LogP contribution is -2.09. The number of hydrogen-bond donors (Lipinski definition) is 0. The van der Waals surface area contributed by atoms with Gasteiger partial charge in [0, 0.05) is 0 Å². The lowest BCUT2D eigenvalue weighted by atomic mass is 10.2. The van der Waals surface area contributed by atoms with Gasteiger partial charge in [0.2, 0.25) is 0 Å². The summed E-state index contributed by atoms with van der Waals surface area (Å²) in [4.78, 5) is 4.57. The van der Waals surface area contributed by atoms with Crippen LogP contribution in [0.3, 0.4) is 0 Å². The largest absolute Gasteiger partial charge is 0.454 e. The van der Waals surface area contributed by atoms with Gasteiger partial charge in [-0.15, -0.1) is 0 Å². The van der Waals surface area contributed by atoms with E-state index in [-0.39, 0.29) is 18.7 Å². The lowest BCUT2D eigenvalue weighted by molar-refractivity contribution is 0.232. The van der Waals surface area contributed by atoms with Gasteiger partial charge in [0.05, 0.1) is 18.8 Å². The molecular weight excluding hydrogens is 313 g/mol. The van der Waals surface area contributed by atoms with Crippen LogP contribution in [0.2, 0.25) is 0 Å². The van der Waals surface area contributed by atoms with Crippen molar-refractivity contribution >= 4 is 18.7 Å². The third-order valence-corrected chi connectivity index (χ3v) is 5.35. The highest BCUT2D eigenvalue weighted by molar-refractivity contribution is 7.73. The number of benzene rings is 2. The Balaban J connectivity index is 2.23. The van der Waals surface area contributed by atoms with Crippen LogP contribution in [0.4, 0.5) is 5.69 Å². The topological polar surface area (TPSA) is 57.1 Å². The Labute approximate surface area is 135 Å². The summed E-state index contributed by atoms with van der Waals surface area (Å²) in [6, 6.07) is 14.7. The highest BCUT2D eigenvalue weighted by atomic mass is 31.2. The first-order valence-corrected chi connectivity index (χ1v) is 9.07. The normalized spacial score (nSPS) is 13.4. The number of nitrogens with zero attached hydrogens (tertiary/aromatic N) is 1. The minimum Gasteiger partial charge on any atom is -0.454 e. The summed E-state index contributed by atoms with van der Waals surface area (Å²) in [5.74, 6) is 1.19. The second-order valence-electron chi connectivity index (χ2n) is 4.83. The maximum Gasteiger partial charge on any atom is 0.380 e. The summed E-state index contributed by atoms with van der Waals surface area (Å²) < 4.78 is 30.2. The van der Waals surface area contributed by atoms with Crippen LogP contribution in [0.15, 0.2) is 53.5 Å². The van der Waals surface area contributed by atoms with Crippen LogP contribution in [0.5, 0.6) is 11.5 Å². The molecule has 0 radical (unpaired) electrons. The molecule has 5 nitrogen and oxygen atoms in total. The molecule has 23 heavy (non-hydrogen) atoms. The zero-order chi connectivity index (χ0) is 16.3. The lowest BCUT2D eigenvalue weighted by Gasteiger charge is -2.19. The maximum absolute atomic E-state index is 13.3. The summed E-state index contributed by atoms with van der Waals surface area (Å²) in [6.07, 6.45) is 0. The summed E-state index contributed by atoms with van der Waals surface area (Å²) in [6.45, 7) is 4.08. The van der Waals surface area contributed by atoms with E-state index < -0.39 is 7.60 Å². The number of fused-ring (bicyclic) bond motifs is 2. The van der Waals surface area contributed by atoms with E-state index in [9.17, 15) is 4.57 Å². The van der Waals surface area contributed by atoms with Crippen molar-refractivity contribution in [1.29, 1.82) is 0 Å². The Kier molecular flexibility index (Phi) is 4.62. The van der Waals surface area contributed by atoms with Crippen LogP contribution in [-0.2, 0) is 13.6 Å². The van der Waals surface area contributed by atoms with Crippen molar-refractivity contribution in [2.75, 3.05) is 13.2 Å². The molecule has 0 aliphatic carbocycles. The molecule has 0 spiro atoms. The first-order chi connectivity index (χ1) is 11.2. The molecule has 120 valence electrons. The molecule has 0 atom stereocenters. The van der Waals surface area contributed by atoms with Crippen LogP contribution in [-0.4, -0.2) is 18.7 Å². The van der Waals surface area contributed by atoms with Crippen LogP contribution < -0.4 is 4.74 Å². The molecule has 3 rings (SSSR count). The summed E-state index contributed by atoms with van der Waals surface area (Å²) in [7, 11) is -3.54. The van der Waals surface area contributed by atoms with Crippen LogP contribution >= 0.6 is 7.60 Å². The van der Waals surface area contributed by atoms with Crippen molar-refractivity contribution < 1.29 is 18.3 Å². The van der Waals surface area contributed by atoms with Gasteiger partial charge in [0.1, 0.15) is 11.4 Å². The molecule has 2 aromatic carbocycles. The molecule has 0 unspecified atom stereocenters. The molecule has 0 bridgehead atoms. The second-order valence-corrected chi connectivity index (χ2v) is 6.77. The highest BCUT2D eigenvalue weighted by Crippen LogP contribution is 2.55. The SMILES string of the molecule is CCOP(=O)(OCC)C1=Nc2ccccc2Oc2ccccc21. The van der Waals surface area contributed by atoms with Crippen molar-refractivity contribution in [3.63, 3.8) is 0 Å². The molecular formula is C17H18NO4P. The second kappa shape index (κ2) is 6.67. The quantitative estimate of drug-likeness (QED) is 0.712. The van der Waals surface area contributed by atoms with Crippen molar-refractivity contribution in [3.8, 4) is 11.5 Å². The Morgan fingerprint density at radius 2 is 1.57 bits per heavy atom. The number of para-hydroxylation sites is 3. The van der Waals surface area contributed by atoms with Gasteiger partial charge in [-0.3, -0.25) is 4.57 Å². The fraction of sp³-hybridized carbons (Fsp3) is 0.235. The smallest absolute Gasteiger partial charge is 0.380 e. The van der Waals surface area contributed by atoms with Gasteiger partial charge in [-0.05, 0) is 38.1 Å². The molecule has 2 aromatic rings. The van der Waals surface area contributed by atoms with Gasteiger partial charge in [-0.25, -0.2) is 4.99 Å².